The van der Waals surface area contributed by atoms with Gasteiger partial charge >= 0.3 is 11.9 Å². The van der Waals surface area contributed by atoms with Crippen molar-refractivity contribution in [2.45, 2.75) is 19.4 Å². The van der Waals surface area contributed by atoms with E-state index in [9.17, 15) is 14.4 Å². The normalized spacial score (nSPS) is 11.6. The zero-order chi connectivity index (χ0) is 13.7. The quantitative estimate of drug-likeness (QED) is 0.813. The molecule has 0 aliphatic carbocycles. The molecule has 1 amide bonds. The highest BCUT2D eigenvalue weighted by Crippen LogP contribution is 2.19. The number of para-hydroxylation sites is 1. The van der Waals surface area contributed by atoms with E-state index >= 15 is 0 Å². The minimum absolute atomic E-state index is 0.360. The predicted octanol–water partition coefficient (Wildman–Crippen LogP) is 0.967. The van der Waals surface area contributed by atoms with Crippen LogP contribution in [0.2, 0.25) is 0 Å². The lowest BCUT2D eigenvalue weighted by molar-refractivity contribution is -0.145. The Kier molecular flexibility index (Phi) is 4.42. The SMILES string of the molecule is CC(=O)N(c1ccccc1)[C@@H](CC(=O)O)C(=O)O. The highest BCUT2D eigenvalue weighted by atomic mass is 16.4. The van der Waals surface area contributed by atoms with Gasteiger partial charge in [0.2, 0.25) is 5.91 Å². The van der Waals surface area contributed by atoms with Crippen LogP contribution in [0.3, 0.4) is 0 Å². The van der Waals surface area contributed by atoms with Gasteiger partial charge in [-0.15, -0.1) is 0 Å². The molecule has 0 saturated carbocycles. The van der Waals surface area contributed by atoms with E-state index in [1.807, 2.05) is 0 Å². The van der Waals surface area contributed by atoms with E-state index in [1.54, 1.807) is 30.3 Å². The fourth-order valence-corrected chi connectivity index (χ4v) is 1.62. The molecule has 0 aliphatic heterocycles. The Balaban J connectivity index is 3.13. The number of carbonyl (C=O) groups excluding carboxylic acids is 1. The molecular formula is C12H13NO5. The number of carboxylic acid groups (broad SMARTS) is 2. The molecule has 18 heavy (non-hydrogen) atoms. The lowest BCUT2D eigenvalue weighted by Crippen LogP contribution is -2.45. The van der Waals surface area contributed by atoms with Gasteiger partial charge in [0.05, 0.1) is 6.42 Å². The summed E-state index contributed by atoms with van der Waals surface area (Å²) in [4.78, 5) is 34.3. The number of carboxylic acids is 2. The number of anilines is 1. The molecule has 1 rings (SSSR count). The van der Waals surface area contributed by atoms with Crippen LogP contribution in [-0.2, 0) is 14.4 Å². The molecule has 0 heterocycles. The van der Waals surface area contributed by atoms with Crippen molar-refractivity contribution >= 4 is 23.5 Å². The number of rotatable bonds is 5. The second-order valence-corrected chi connectivity index (χ2v) is 3.68. The molecular weight excluding hydrogens is 238 g/mol. The van der Waals surface area contributed by atoms with Crippen molar-refractivity contribution in [2.24, 2.45) is 0 Å². The summed E-state index contributed by atoms with van der Waals surface area (Å²) in [6, 6.07) is 6.70. The van der Waals surface area contributed by atoms with Crippen LogP contribution in [-0.4, -0.2) is 34.1 Å². The van der Waals surface area contributed by atoms with Crippen molar-refractivity contribution < 1.29 is 24.6 Å². The van der Waals surface area contributed by atoms with Gasteiger partial charge in [0.1, 0.15) is 6.04 Å². The number of amides is 1. The first-order chi connectivity index (χ1) is 8.43. The monoisotopic (exact) mass is 251 g/mol. The van der Waals surface area contributed by atoms with Crippen LogP contribution in [0.4, 0.5) is 5.69 Å². The largest absolute Gasteiger partial charge is 0.481 e. The fourth-order valence-electron chi connectivity index (χ4n) is 1.62. The Labute approximate surface area is 103 Å². The van der Waals surface area contributed by atoms with E-state index in [-0.39, 0.29) is 0 Å². The summed E-state index contributed by atoms with van der Waals surface area (Å²) in [6.07, 6.45) is -0.649. The summed E-state index contributed by atoms with van der Waals surface area (Å²) in [5.74, 6) is -3.14. The summed E-state index contributed by atoms with van der Waals surface area (Å²) < 4.78 is 0. The Morgan fingerprint density at radius 3 is 2.11 bits per heavy atom. The van der Waals surface area contributed by atoms with Gasteiger partial charge in [-0.3, -0.25) is 14.5 Å². The molecule has 1 atom stereocenters. The number of hydrogen-bond acceptors (Lipinski definition) is 3. The Morgan fingerprint density at radius 2 is 1.72 bits per heavy atom. The molecule has 0 aliphatic rings. The highest BCUT2D eigenvalue weighted by Gasteiger charge is 2.31. The third-order valence-corrected chi connectivity index (χ3v) is 2.34. The van der Waals surface area contributed by atoms with Crippen molar-refractivity contribution in [3.63, 3.8) is 0 Å². The maximum atomic E-state index is 11.5. The van der Waals surface area contributed by atoms with Gasteiger partial charge in [-0.2, -0.15) is 0 Å². The van der Waals surface area contributed by atoms with Gasteiger partial charge in [0, 0.05) is 12.6 Å². The number of hydrogen-bond donors (Lipinski definition) is 2. The van der Waals surface area contributed by atoms with E-state index in [0.717, 1.165) is 4.90 Å². The first kappa shape index (κ1) is 13.7. The van der Waals surface area contributed by atoms with Gasteiger partial charge in [0.15, 0.2) is 0 Å². The average Bonchev–Trinajstić information content (AvgIpc) is 2.28. The van der Waals surface area contributed by atoms with Crippen molar-refractivity contribution in [3.8, 4) is 0 Å². The van der Waals surface area contributed by atoms with Crippen molar-refractivity contribution in [2.75, 3.05) is 4.90 Å². The van der Waals surface area contributed by atoms with Crippen molar-refractivity contribution in [1.29, 1.82) is 0 Å². The fraction of sp³-hybridized carbons (Fsp3) is 0.250. The molecule has 0 radical (unpaired) electrons. The van der Waals surface area contributed by atoms with Crippen LogP contribution in [0.5, 0.6) is 0 Å². The first-order valence-electron chi connectivity index (χ1n) is 5.23. The lowest BCUT2D eigenvalue weighted by Gasteiger charge is -2.26. The summed E-state index contributed by atoms with van der Waals surface area (Å²) in [5.41, 5.74) is 0.360. The van der Waals surface area contributed by atoms with Crippen LogP contribution in [0.1, 0.15) is 13.3 Å². The van der Waals surface area contributed by atoms with Crippen LogP contribution in [0.25, 0.3) is 0 Å². The maximum absolute atomic E-state index is 11.5. The summed E-state index contributed by atoms with van der Waals surface area (Å²) >= 11 is 0. The topological polar surface area (TPSA) is 94.9 Å². The average molecular weight is 251 g/mol. The zero-order valence-corrected chi connectivity index (χ0v) is 9.74. The Bertz CT molecular complexity index is 457. The Hall–Kier alpha value is -2.37. The third kappa shape index (κ3) is 3.31. The number of aliphatic carboxylic acids is 2. The van der Waals surface area contributed by atoms with Crippen molar-refractivity contribution in [3.05, 3.63) is 30.3 Å². The zero-order valence-electron chi connectivity index (χ0n) is 9.74. The van der Waals surface area contributed by atoms with E-state index in [2.05, 4.69) is 0 Å². The van der Waals surface area contributed by atoms with Gasteiger partial charge in [-0.1, -0.05) is 18.2 Å². The number of carbonyl (C=O) groups is 3. The first-order valence-corrected chi connectivity index (χ1v) is 5.23. The molecule has 6 heteroatoms. The molecule has 0 spiro atoms. The second-order valence-electron chi connectivity index (χ2n) is 3.68. The molecule has 0 bridgehead atoms. The molecule has 1 aromatic rings. The van der Waals surface area contributed by atoms with Gasteiger partial charge < -0.3 is 10.2 Å². The maximum Gasteiger partial charge on any atom is 0.327 e. The number of benzene rings is 1. The molecule has 0 aromatic heterocycles. The highest BCUT2D eigenvalue weighted by molar-refractivity contribution is 5.99. The van der Waals surface area contributed by atoms with Crippen LogP contribution in [0, 0.1) is 0 Å². The number of nitrogens with zero attached hydrogens (tertiary/aromatic N) is 1. The molecule has 96 valence electrons. The standard InChI is InChI=1S/C12H13NO5/c1-8(14)13(9-5-3-2-4-6-9)10(12(17)18)7-11(15)16/h2-6,10H,7H2,1H3,(H,15,16)(H,17,18)/t10-/m0/s1. The predicted molar refractivity (Wildman–Crippen MR) is 63.3 cm³/mol. The lowest BCUT2D eigenvalue weighted by atomic mass is 10.1. The van der Waals surface area contributed by atoms with E-state index < -0.39 is 30.3 Å². The molecule has 0 fully saturated rings. The van der Waals surface area contributed by atoms with E-state index in [1.165, 1.54) is 6.92 Å². The Morgan fingerprint density at radius 1 is 1.17 bits per heavy atom. The summed E-state index contributed by atoms with van der Waals surface area (Å²) in [5, 5.41) is 17.8. The third-order valence-electron chi connectivity index (χ3n) is 2.34. The van der Waals surface area contributed by atoms with E-state index in [4.69, 9.17) is 10.2 Å². The van der Waals surface area contributed by atoms with Crippen LogP contribution in [0.15, 0.2) is 30.3 Å². The van der Waals surface area contributed by atoms with Gasteiger partial charge in [0.25, 0.3) is 0 Å². The summed E-state index contributed by atoms with van der Waals surface area (Å²) in [7, 11) is 0. The van der Waals surface area contributed by atoms with Gasteiger partial charge in [-0.05, 0) is 12.1 Å². The smallest absolute Gasteiger partial charge is 0.327 e. The molecule has 0 unspecified atom stereocenters. The van der Waals surface area contributed by atoms with Crippen LogP contribution >= 0.6 is 0 Å². The second kappa shape index (κ2) is 5.81. The molecule has 1 aromatic carbocycles. The van der Waals surface area contributed by atoms with Crippen LogP contribution < -0.4 is 4.90 Å². The minimum atomic E-state index is -1.41. The van der Waals surface area contributed by atoms with Crippen molar-refractivity contribution in [1.82, 2.24) is 0 Å². The summed E-state index contributed by atoms with van der Waals surface area (Å²) in [6.45, 7) is 1.20. The van der Waals surface area contributed by atoms with Gasteiger partial charge in [-0.25, -0.2) is 4.79 Å². The minimum Gasteiger partial charge on any atom is -0.481 e. The molecule has 0 saturated heterocycles. The molecule has 2 N–H and O–H groups in total. The molecule has 6 nitrogen and oxygen atoms in total. The van der Waals surface area contributed by atoms with E-state index in [0.29, 0.717) is 5.69 Å².